The highest BCUT2D eigenvalue weighted by Crippen LogP contribution is 2.57. The molecule has 0 atom stereocenters. The van der Waals surface area contributed by atoms with Crippen LogP contribution in [0.25, 0.3) is 64.6 Å². The highest BCUT2D eigenvalue weighted by Gasteiger charge is 2.29. The minimum absolute atomic E-state index is 0.647. The summed E-state index contributed by atoms with van der Waals surface area (Å²) in [7, 11) is 0. The molecule has 0 N–H and O–H groups in total. The Kier molecular flexibility index (Phi) is 31.7. The Morgan fingerprint density at radius 2 is 0.369 bits per heavy atom. The average Bonchev–Trinajstić information content (AvgIpc) is 0.819. The predicted molar refractivity (Wildman–Crippen MR) is 354 cm³/mol. The molecular formula is C76H108O8. The summed E-state index contributed by atoms with van der Waals surface area (Å²) in [6.07, 6.45) is 54.4. The van der Waals surface area contributed by atoms with Crippen molar-refractivity contribution in [2.45, 2.75) is 283 Å². The van der Waals surface area contributed by atoms with E-state index >= 15 is 0 Å². The van der Waals surface area contributed by atoms with Gasteiger partial charge in [-0.25, -0.2) is 0 Å². The molecule has 7 rings (SSSR count). The lowest BCUT2D eigenvalue weighted by molar-refractivity contribution is -0.108. The molecule has 0 bridgehead atoms. The minimum Gasteiger partial charge on any atom is -0.489 e. The summed E-state index contributed by atoms with van der Waals surface area (Å²) in [5.74, 6) is 3.52. The van der Waals surface area contributed by atoms with E-state index in [1.54, 1.807) is 0 Å². The van der Waals surface area contributed by atoms with E-state index in [2.05, 4.69) is 48.5 Å². The second kappa shape index (κ2) is 40.2. The fourth-order valence-corrected chi connectivity index (χ4v) is 13.4. The molecule has 0 amide bonds. The lowest BCUT2D eigenvalue weighted by Crippen LogP contribution is -2.07. The number of rotatable bonds is 56. The van der Waals surface area contributed by atoms with E-state index in [-0.39, 0.29) is 0 Å². The van der Waals surface area contributed by atoms with Crippen LogP contribution in [0.15, 0.2) is 48.5 Å². The number of carbonyl (C=O) groups is 4. The third-order valence-corrected chi connectivity index (χ3v) is 18.1. The summed E-state index contributed by atoms with van der Waals surface area (Å²) >= 11 is 0. The molecule has 7 aromatic rings. The largest absolute Gasteiger partial charge is 0.489 e. The zero-order valence-electron chi connectivity index (χ0n) is 52.1. The number of carbonyl (C=O) groups excluding carboxylic acids is 4. The zero-order valence-corrected chi connectivity index (χ0v) is 52.1. The van der Waals surface area contributed by atoms with Crippen molar-refractivity contribution in [2.24, 2.45) is 0 Å². The molecule has 0 heterocycles. The molecule has 0 aliphatic heterocycles. The van der Waals surface area contributed by atoms with Crippen molar-refractivity contribution in [3.63, 3.8) is 0 Å². The Morgan fingerprint density at radius 3 is 0.548 bits per heavy atom. The molecule has 0 aliphatic carbocycles. The van der Waals surface area contributed by atoms with E-state index < -0.39 is 0 Å². The molecule has 0 fully saturated rings. The fraction of sp³-hybridized carbons (Fsp3) is 0.632. The standard InChI is InChI=1S/C76H108O8/c77-53-37-29-21-13-5-1-9-17-25-33-41-57-81-73-63-49-45-61-47-51-65-71-67(61)69(63)70-64(74(73)82-58-42-34-26-18-10-2-6-14-22-30-38-54-78)50-46-62-48-52-66(72(71)68(62)70)76(84-60-44-36-28-20-12-4-8-16-24-32-40-56-80)75(65)83-59-43-35-27-19-11-3-7-15-23-31-39-55-79/h45-56H,1-44,57-60H2. The van der Waals surface area contributed by atoms with E-state index in [0.29, 0.717) is 52.1 Å². The van der Waals surface area contributed by atoms with Gasteiger partial charge >= 0.3 is 0 Å². The molecule has 8 heteroatoms. The Morgan fingerprint density at radius 1 is 0.202 bits per heavy atom. The van der Waals surface area contributed by atoms with Crippen LogP contribution in [-0.2, 0) is 19.2 Å². The van der Waals surface area contributed by atoms with Crippen LogP contribution in [0.3, 0.4) is 0 Å². The Labute approximate surface area is 506 Å². The van der Waals surface area contributed by atoms with Crippen LogP contribution in [-0.4, -0.2) is 51.6 Å². The number of ether oxygens (including phenoxy) is 4. The maximum absolute atomic E-state index is 10.7. The Balaban J connectivity index is 1.12. The molecule has 0 radical (unpaired) electrons. The van der Waals surface area contributed by atoms with E-state index in [9.17, 15) is 19.2 Å². The topological polar surface area (TPSA) is 105 Å². The number of aldehydes is 4. The fourth-order valence-electron chi connectivity index (χ4n) is 13.4. The van der Waals surface area contributed by atoms with Crippen molar-refractivity contribution < 1.29 is 38.1 Å². The SMILES string of the molecule is O=CCCCCCCCCCCCCOc1c(OCCCCCCCCCCCCC=O)c2ccc3ccc4c(OCCCCCCCCCCCCC=O)c(OCCCCCCCCCCCCC=O)c5ccc6ccc1c1c6c5c4c3c21. The summed E-state index contributed by atoms with van der Waals surface area (Å²) in [5, 5.41) is 14.5. The van der Waals surface area contributed by atoms with Crippen LogP contribution in [0, 0.1) is 0 Å². The van der Waals surface area contributed by atoms with Gasteiger partial charge in [0.1, 0.15) is 25.1 Å². The molecule has 0 unspecified atom stereocenters. The van der Waals surface area contributed by atoms with Crippen LogP contribution < -0.4 is 18.9 Å². The van der Waals surface area contributed by atoms with Crippen LogP contribution in [0.2, 0.25) is 0 Å². The minimum atomic E-state index is 0.647. The van der Waals surface area contributed by atoms with Gasteiger partial charge in [-0.05, 0) is 97.2 Å². The van der Waals surface area contributed by atoms with E-state index in [0.717, 1.165) is 147 Å². The number of hydrogen-bond acceptors (Lipinski definition) is 8. The molecule has 0 aromatic heterocycles. The molecule has 0 spiro atoms. The van der Waals surface area contributed by atoms with Gasteiger partial charge in [-0.2, -0.15) is 0 Å². The lowest BCUT2D eigenvalue weighted by atomic mass is 9.82. The first-order valence-electron chi connectivity index (χ1n) is 34.7. The van der Waals surface area contributed by atoms with Gasteiger partial charge in [0.25, 0.3) is 0 Å². The van der Waals surface area contributed by atoms with E-state index in [1.807, 2.05) is 0 Å². The van der Waals surface area contributed by atoms with E-state index in [4.69, 9.17) is 18.9 Å². The number of benzene rings is 7. The smallest absolute Gasteiger partial charge is 0.169 e. The summed E-state index contributed by atoms with van der Waals surface area (Å²) < 4.78 is 28.4. The molecule has 0 aliphatic rings. The number of hydrogen-bond donors (Lipinski definition) is 0. The summed E-state index contributed by atoms with van der Waals surface area (Å²) in [6.45, 7) is 2.59. The molecule has 460 valence electrons. The van der Waals surface area contributed by atoms with Gasteiger partial charge in [-0.3, -0.25) is 0 Å². The van der Waals surface area contributed by atoms with Crippen molar-refractivity contribution in [1.82, 2.24) is 0 Å². The maximum Gasteiger partial charge on any atom is 0.169 e. The predicted octanol–water partition coefficient (Wildman–Crippen LogP) is 22.4. The van der Waals surface area contributed by atoms with Crippen LogP contribution >= 0.6 is 0 Å². The van der Waals surface area contributed by atoms with Gasteiger partial charge < -0.3 is 38.1 Å². The van der Waals surface area contributed by atoms with Crippen LogP contribution in [0.4, 0.5) is 0 Å². The Bertz CT molecular complexity index is 2500. The first kappa shape index (κ1) is 66.3. The van der Waals surface area contributed by atoms with E-state index in [1.165, 1.54) is 223 Å². The molecule has 0 saturated heterocycles. The van der Waals surface area contributed by atoms with Crippen LogP contribution in [0.5, 0.6) is 23.0 Å². The Hall–Kier alpha value is -5.24. The summed E-state index contributed by atoms with van der Waals surface area (Å²) in [6, 6.07) is 18.4. The molecule has 7 aromatic carbocycles. The highest BCUT2D eigenvalue weighted by molar-refractivity contribution is 6.46. The van der Waals surface area contributed by atoms with Crippen molar-refractivity contribution in [1.29, 1.82) is 0 Å². The number of unbranched alkanes of at least 4 members (excludes halogenated alkanes) is 40. The van der Waals surface area contributed by atoms with Gasteiger partial charge in [0.2, 0.25) is 0 Å². The second-order valence-corrected chi connectivity index (χ2v) is 24.8. The van der Waals surface area contributed by atoms with Gasteiger partial charge in [-0.1, -0.05) is 230 Å². The molecular weight excluding hydrogens is 1040 g/mol. The van der Waals surface area contributed by atoms with Gasteiger partial charge in [-0.15, -0.1) is 0 Å². The highest BCUT2D eigenvalue weighted by atomic mass is 16.5. The monoisotopic (exact) mass is 1150 g/mol. The van der Waals surface area contributed by atoms with Crippen molar-refractivity contribution in [3.8, 4) is 23.0 Å². The first-order chi connectivity index (χ1) is 41.7. The second-order valence-electron chi connectivity index (χ2n) is 24.8. The first-order valence-corrected chi connectivity index (χ1v) is 34.7. The van der Waals surface area contributed by atoms with Crippen LogP contribution in [0.1, 0.15) is 283 Å². The average molecular weight is 1150 g/mol. The summed E-state index contributed by atoms with van der Waals surface area (Å²) in [4.78, 5) is 42.8. The molecule has 0 saturated carbocycles. The zero-order chi connectivity index (χ0) is 58.5. The quantitative estimate of drug-likeness (QED) is 0.0161. The van der Waals surface area contributed by atoms with Crippen molar-refractivity contribution in [3.05, 3.63) is 48.5 Å². The third-order valence-electron chi connectivity index (χ3n) is 18.1. The van der Waals surface area contributed by atoms with Gasteiger partial charge in [0.15, 0.2) is 23.0 Å². The van der Waals surface area contributed by atoms with Crippen molar-refractivity contribution in [2.75, 3.05) is 26.4 Å². The molecule has 84 heavy (non-hydrogen) atoms. The summed E-state index contributed by atoms with van der Waals surface area (Å²) in [5.41, 5.74) is 0. The normalized spacial score (nSPS) is 11.9. The maximum atomic E-state index is 10.7. The lowest BCUT2D eigenvalue weighted by Gasteiger charge is -2.26. The van der Waals surface area contributed by atoms with Crippen molar-refractivity contribution >= 4 is 89.8 Å². The molecule has 8 nitrogen and oxygen atoms in total. The third kappa shape index (κ3) is 20.5. The van der Waals surface area contributed by atoms with Gasteiger partial charge in [0.05, 0.1) is 26.4 Å². The van der Waals surface area contributed by atoms with Gasteiger partial charge in [0, 0.05) is 68.8 Å².